The van der Waals surface area contributed by atoms with Crippen molar-refractivity contribution >= 4 is 17.6 Å². The molecule has 0 bridgehead atoms. The summed E-state index contributed by atoms with van der Waals surface area (Å²) in [6.07, 6.45) is 0. The Labute approximate surface area is 195 Å². The molecule has 182 valence electrons. The number of carbonyl (C=O) groups is 3. The second kappa shape index (κ2) is 10.1. The summed E-state index contributed by atoms with van der Waals surface area (Å²) in [7, 11) is 2.91. The Morgan fingerprint density at radius 3 is 2.71 bits per heavy atom. The van der Waals surface area contributed by atoms with Gasteiger partial charge in [-0.2, -0.15) is 0 Å². The Hall–Kier alpha value is -3.60. The summed E-state index contributed by atoms with van der Waals surface area (Å²) in [4.78, 5) is 56.0. The molecule has 34 heavy (non-hydrogen) atoms. The fourth-order valence-corrected chi connectivity index (χ4v) is 3.71. The molecule has 1 aliphatic rings. The number of nitrogens with one attached hydrogen (secondary N) is 1. The maximum absolute atomic E-state index is 13.5. The van der Waals surface area contributed by atoms with Crippen LogP contribution < -0.4 is 10.9 Å². The van der Waals surface area contributed by atoms with Gasteiger partial charge in [-0.25, -0.2) is 9.37 Å². The van der Waals surface area contributed by atoms with Crippen LogP contribution in [0.2, 0.25) is 0 Å². The zero-order chi connectivity index (χ0) is 25.2. The average Bonchev–Trinajstić information content (AvgIpc) is 3.02. The van der Waals surface area contributed by atoms with E-state index in [1.54, 1.807) is 13.0 Å². The highest BCUT2D eigenvalue weighted by Crippen LogP contribution is 2.28. The smallest absolute Gasteiger partial charge is 0.296 e. The quantitative estimate of drug-likeness (QED) is 0.590. The molecule has 0 saturated heterocycles. The number of likely N-dealkylation sites (N-methyl/N-ethyl adjacent to an activating group) is 1. The topological polar surface area (TPSA) is 131 Å². The third-order valence-electron chi connectivity index (χ3n) is 5.79. The van der Waals surface area contributed by atoms with Crippen molar-refractivity contribution in [2.75, 3.05) is 27.3 Å². The lowest BCUT2D eigenvalue weighted by Crippen LogP contribution is -2.38. The van der Waals surface area contributed by atoms with Crippen LogP contribution in [0.15, 0.2) is 23.0 Å². The van der Waals surface area contributed by atoms with E-state index in [1.165, 1.54) is 33.2 Å². The first-order valence-corrected chi connectivity index (χ1v) is 10.7. The van der Waals surface area contributed by atoms with Gasteiger partial charge in [0, 0.05) is 26.6 Å². The molecule has 1 aromatic carbocycles. The molecule has 2 N–H and O–H groups in total. The molecule has 2 aromatic rings. The monoisotopic (exact) mass is 474 g/mol. The molecule has 2 unspecified atom stereocenters. The predicted octanol–water partition coefficient (Wildman–Crippen LogP) is 0.734. The van der Waals surface area contributed by atoms with Gasteiger partial charge in [-0.05, 0) is 24.1 Å². The van der Waals surface area contributed by atoms with Crippen LogP contribution in [0.3, 0.4) is 0 Å². The molecule has 2 heterocycles. The molecule has 0 aliphatic carbocycles. The number of aromatic nitrogens is 2. The second-order valence-electron chi connectivity index (χ2n) is 8.42. The number of aromatic hydroxyl groups is 1. The molecule has 10 nitrogen and oxygen atoms in total. The number of rotatable bonds is 6. The van der Waals surface area contributed by atoms with Gasteiger partial charge >= 0.3 is 0 Å². The van der Waals surface area contributed by atoms with Crippen LogP contribution in [0.25, 0.3) is 0 Å². The Bertz CT molecular complexity index is 1190. The molecular weight excluding hydrogens is 447 g/mol. The third-order valence-corrected chi connectivity index (χ3v) is 5.79. The van der Waals surface area contributed by atoms with Gasteiger partial charge in [0.15, 0.2) is 5.69 Å². The average molecular weight is 474 g/mol. The molecule has 0 radical (unpaired) electrons. The van der Waals surface area contributed by atoms with Crippen molar-refractivity contribution in [3.05, 3.63) is 57.0 Å². The fourth-order valence-electron chi connectivity index (χ4n) is 3.71. The zero-order valence-corrected chi connectivity index (χ0v) is 19.4. The van der Waals surface area contributed by atoms with Crippen molar-refractivity contribution in [3.63, 3.8) is 0 Å². The lowest BCUT2D eigenvalue weighted by atomic mass is 9.89. The van der Waals surface area contributed by atoms with Crippen molar-refractivity contribution in [1.82, 2.24) is 19.8 Å². The summed E-state index contributed by atoms with van der Waals surface area (Å²) >= 11 is 0. The molecule has 11 heteroatoms. The molecule has 0 fully saturated rings. The number of Topliss-reactive ketones (excluding diaryl/α,β-unsaturated/α-hetero) is 1. The largest absolute Gasteiger partial charge is 0.501 e. The number of fused-ring (bicyclic) bond motifs is 1. The van der Waals surface area contributed by atoms with Gasteiger partial charge in [0.1, 0.15) is 11.6 Å². The summed E-state index contributed by atoms with van der Waals surface area (Å²) in [5.74, 6) is -5.03. The Balaban J connectivity index is 1.95. The summed E-state index contributed by atoms with van der Waals surface area (Å²) in [5.41, 5.74) is -0.321. The zero-order valence-electron chi connectivity index (χ0n) is 19.4. The van der Waals surface area contributed by atoms with Gasteiger partial charge in [0.25, 0.3) is 17.4 Å². The van der Waals surface area contributed by atoms with Crippen LogP contribution >= 0.6 is 0 Å². The van der Waals surface area contributed by atoms with Gasteiger partial charge < -0.3 is 20.1 Å². The van der Waals surface area contributed by atoms with Gasteiger partial charge in [0.2, 0.25) is 11.5 Å². The van der Waals surface area contributed by atoms with Crippen molar-refractivity contribution in [2.45, 2.75) is 32.9 Å². The van der Waals surface area contributed by atoms with Crippen LogP contribution in [0.5, 0.6) is 5.75 Å². The number of nitrogens with zero attached hydrogens (tertiary/aromatic N) is 3. The minimum Gasteiger partial charge on any atom is -0.501 e. The number of carbonyl (C=O) groups excluding carboxylic acids is 3. The SMILES string of the molecule is Cc1cc(CNC(=O)c2nc3n(c(=O)c2O)CCOCC3C(C)C(=O)C(=O)N(C)C)ccc1F. The summed E-state index contributed by atoms with van der Waals surface area (Å²) in [5, 5.41) is 13.0. The van der Waals surface area contributed by atoms with Gasteiger partial charge in [0.05, 0.1) is 25.7 Å². The van der Waals surface area contributed by atoms with E-state index in [0.29, 0.717) is 11.1 Å². The lowest BCUT2D eigenvalue weighted by Gasteiger charge is -2.23. The van der Waals surface area contributed by atoms with E-state index in [4.69, 9.17) is 4.74 Å². The first-order valence-electron chi connectivity index (χ1n) is 10.7. The molecular formula is C23H27FN4O6. The number of benzene rings is 1. The number of halogens is 1. The number of ketones is 1. The maximum atomic E-state index is 13.5. The van der Waals surface area contributed by atoms with Gasteiger partial charge in [-0.1, -0.05) is 19.1 Å². The number of hydrogen-bond donors (Lipinski definition) is 2. The van der Waals surface area contributed by atoms with E-state index in [1.807, 2.05) is 0 Å². The summed E-state index contributed by atoms with van der Waals surface area (Å²) in [6.45, 7) is 3.32. The third kappa shape index (κ3) is 4.98. The highest BCUT2D eigenvalue weighted by molar-refractivity contribution is 6.36. The molecule has 2 atom stereocenters. The summed E-state index contributed by atoms with van der Waals surface area (Å²) < 4.78 is 20.2. The van der Waals surface area contributed by atoms with Crippen molar-refractivity contribution < 1.29 is 28.6 Å². The predicted molar refractivity (Wildman–Crippen MR) is 119 cm³/mol. The van der Waals surface area contributed by atoms with Crippen LogP contribution in [-0.2, 0) is 27.4 Å². The fraction of sp³-hybridized carbons (Fsp3) is 0.435. The van der Waals surface area contributed by atoms with E-state index in [-0.39, 0.29) is 37.9 Å². The van der Waals surface area contributed by atoms with E-state index < -0.39 is 46.4 Å². The van der Waals surface area contributed by atoms with E-state index >= 15 is 0 Å². The van der Waals surface area contributed by atoms with E-state index in [0.717, 1.165) is 9.47 Å². The van der Waals surface area contributed by atoms with Crippen LogP contribution in [-0.4, -0.2) is 64.5 Å². The highest BCUT2D eigenvalue weighted by atomic mass is 19.1. The minimum absolute atomic E-state index is 0.000740. The Morgan fingerprint density at radius 1 is 1.35 bits per heavy atom. The van der Waals surface area contributed by atoms with Crippen molar-refractivity contribution in [1.29, 1.82) is 0 Å². The van der Waals surface area contributed by atoms with Crippen molar-refractivity contribution in [2.24, 2.45) is 5.92 Å². The molecule has 0 saturated carbocycles. The van der Waals surface area contributed by atoms with Gasteiger partial charge in [-0.3, -0.25) is 23.7 Å². The Kier molecular flexibility index (Phi) is 7.45. The lowest BCUT2D eigenvalue weighted by molar-refractivity contribution is -0.145. The molecule has 1 aliphatic heterocycles. The van der Waals surface area contributed by atoms with E-state index in [9.17, 15) is 28.7 Å². The summed E-state index contributed by atoms with van der Waals surface area (Å²) in [6, 6.07) is 4.35. The first-order chi connectivity index (χ1) is 16.0. The first kappa shape index (κ1) is 25.0. The number of ether oxygens (including phenoxy) is 1. The normalized spacial score (nSPS) is 16.2. The second-order valence-corrected chi connectivity index (χ2v) is 8.42. The van der Waals surface area contributed by atoms with Crippen molar-refractivity contribution in [3.8, 4) is 5.75 Å². The Morgan fingerprint density at radius 2 is 2.06 bits per heavy atom. The van der Waals surface area contributed by atoms with E-state index in [2.05, 4.69) is 10.3 Å². The highest BCUT2D eigenvalue weighted by Gasteiger charge is 2.36. The maximum Gasteiger partial charge on any atom is 0.296 e. The standard InChI is InChI=1S/C23H27FN4O6/c1-12-9-14(5-6-16(12)24)10-25-21(31)17-19(30)23(33)28-7-8-34-11-15(20(28)26-17)13(2)18(29)22(32)27(3)4/h5-6,9,13,15,30H,7-8,10-11H2,1-4H3,(H,25,31). The number of aryl methyl sites for hydroxylation is 1. The molecule has 1 aromatic heterocycles. The van der Waals surface area contributed by atoms with Crippen LogP contribution in [0.4, 0.5) is 4.39 Å². The van der Waals surface area contributed by atoms with Gasteiger partial charge in [-0.15, -0.1) is 0 Å². The number of hydrogen-bond acceptors (Lipinski definition) is 7. The molecule has 3 rings (SSSR count). The number of amides is 2. The molecule has 0 spiro atoms. The van der Waals surface area contributed by atoms with Crippen LogP contribution in [0, 0.1) is 18.7 Å². The molecule has 2 amide bonds. The van der Waals surface area contributed by atoms with Crippen LogP contribution in [0.1, 0.15) is 40.3 Å². The minimum atomic E-state index is -0.895.